The lowest BCUT2D eigenvalue weighted by atomic mass is 10.2. The molecule has 0 aliphatic heterocycles. The van der Waals surface area contributed by atoms with Crippen molar-refractivity contribution in [3.05, 3.63) is 59.9 Å². The molecule has 2 aromatic rings. The summed E-state index contributed by atoms with van der Waals surface area (Å²) in [6.07, 6.45) is 0. The van der Waals surface area contributed by atoms with Crippen LogP contribution in [0.2, 0.25) is 0 Å². The Hall–Kier alpha value is -2.56. The fourth-order valence-electron chi connectivity index (χ4n) is 1.98. The Morgan fingerprint density at radius 3 is 2.41 bits per heavy atom. The number of ether oxygens (including phenoxy) is 2. The molecule has 2 aromatic carbocycles. The first-order chi connectivity index (χ1) is 10.6. The Balaban J connectivity index is 1.93. The van der Waals surface area contributed by atoms with Crippen molar-refractivity contribution in [2.24, 2.45) is 0 Å². The van der Waals surface area contributed by atoms with Crippen LogP contribution in [-0.4, -0.2) is 38.1 Å². The van der Waals surface area contributed by atoms with Gasteiger partial charge in [0, 0.05) is 7.05 Å². The van der Waals surface area contributed by atoms with Crippen LogP contribution in [0.1, 0.15) is 10.4 Å². The topological polar surface area (TPSA) is 38.8 Å². The van der Waals surface area contributed by atoms with Gasteiger partial charge in [-0.2, -0.15) is 0 Å². The van der Waals surface area contributed by atoms with Gasteiger partial charge in [0.1, 0.15) is 12.4 Å². The van der Waals surface area contributed by atoms with Crippen molar-refractivity contribution in [3.8, 4) is 11.5 Å². The van der Waals surface area contributed by atoms with Crippen LogP contribution >= 0.6 is 0 Å². The molecule has 0 aliphatic carbocycles. The first-order valence-corrected chi connectivity index (χ1v) is 6.89. The summed E-state index contributed by atoms with van der Waals surface area (Å²) >= 11 is 0. The lowest BCUT2D eigenvalue weighted by Gasteiger charge is -2.19. The third kappa shape index (κ3) is 3.75. The second-order valence-electron chi connectivity index (χ2n) is 4.71. The van der Waals surface area contributed by atoms with E-state index in [0.717, 1.165) is 0 Å². The quantitative estimate of drug-likeness (QED) is 0.823. The number of amides is 1. The summed E-state index contributed by atoms with van der Waals surface area (Å²) in [5.74, 6) is 0.116. The zero-order chi connectivity index (χ0) is 15.9. The molecule has 5 heteroatoms. The van der Waals surface area contributed by atoms with E-state index in [1.165, 1.54) is 18.1 Å². The highest BCUT2D eigenvalue weighted by molar-refractivity contribution is 5.96. The predicted molar refractivity (Wildman–Crippen MR) is 81.8 cm³/mol. The Bertz CT molecular complexity index is 645. The molecule has 0 aliphatic rings. The minimum atomic E-state index is -0.416. The average Bonchev–Trinajstić information content (AvgIpc) is 2.55. The smallest absolute Gasteiger partial charge is 0.257 e. The number of hydrogen-bond donors (Lipinski definition) is 0. The molecule has 1 amide bonds. The van der Waals surface area contributed by atoms with Crippen molar-refractivity contribution < 1.29 is 18.7 Å². The van der Waals surface area contributed by atoms with Crippen LogP contribution in [0.4, 0.5) is 4.39 Å². The van der Waals surface area contributed by atoms with Crippen LogP contribution in [0.5, 0.6) is 11.5 Å². The van der Waals surface area contributed by atoms with Crippen molar-refractivity contribution in [1.29, 1.82) is 0 Å². The summed E-state index contributed by atoms with van der Waals surface area (Å²) < 4.78 is 23.9. The Morgan fingerprint density at radius 2 is 1.73 bits per heavy atom. The SMILES string of the molecule is COc1ccccc1C(=O)N(C)CCOc1ccccc1F. The molecule has 0 heterocycles. The molecular formula is C17H18FNO3. The number of carbonyl (C=O) groups is 1. The van der Waals surface area contributed by atoms with Crippen molar-refractivity contribution in [1.82, 2.24) is 4.90 Å². The Morgan fingerprint density at radius 1 is 1.09 bits per heavy atom. The van der Waals surface area contributed by atoms with E-state index >= 15 is 0 Å². The molecule has 0 saturated carbocycles. The molecule has 0 bridgehead atoms. The second kappa shape index (κ2) is 7.45. The van der Waals surface area contributed by atoms with Crippen LogP contribution in [0.15, 0.2) is 48.5 Å². The van der Waals surface area contributed by atoms with E-state index in [9.17, 15) is 9.18 Å². The maximum atomic E-state index is 13.4. The molecule has 0 saturated heterocycles. The standard InChI is InChI=1S/C17H18FNO3/c1-19(11-12-22-16-10-6-4-8-14(16)18)17(20)13-7-3-5-9-15(13)21-2/h3-10H,11-12H2,1-2H3. The number of benzene rings is 2. The van der Waals surface area contributed by atoms with E-state index < -0.39 is 5.82 Å². The van der Waals surface area contributed by atoms with E-state index in [1.807, 2.05) is 0 Å². The van der Waals surface area contributed by atoms with Gasteiger partial charge in [-0.1, -0.05) is 24.3 Å². The molecule has 0 N–H and O–H groups in total. The summed E-state index contributed by atoms with van der Waals surface area (Å²) in [4.78, 5) is 13.9. The van der Waals surface area contributed by atoms with Gasteiger partial charge >= 0.3 is 0 Å². The highest BCUT2D eigenvalue weighted by Crippen LogP contribution is 2.19. The molecular weight excluding hydrogens is 285 g/mol. The summed E-state index contributed by atoms with van der Waals surface area (Å²) in [5, 5.41) is 0. The van der Waals surface area contributed by atoms with Crippen LogP contribution in [-0.2, 0) is 0 Å². The number of para-hydroxylation sites is 2. The minimum Gasteiger partial charge on any atom is -0.496 e. The number of likely N-dealkylation sites (N-methyl/N-ethyl adjacent to an activating group) is 1. The first-order valence-electron chi connectivity index (χ1n) is 6.89. The molecule has 0 aromatic heterocycles. The Kier molecular flexibility index (Phi) is 5.36. The molecule has 0 radical (unpaired) electrons. The minimum absolute atomic E-state index is 0.172. The molecule has 22 heavy (non-hydrogen) atoms. The number of methoxy groups -OCH3 is 1. The molecule has 0 fully saturated rings. The fraction of sp³-hybridized carbons (Fsp3) is 0.235. The fourth-order valence-corrected chi connectivity index (χ4v) is 1.98. The van der Waals surface area contributed by atoms with Gasteiger partial charge in [0.25, 0.3) is 5.91 Å². The van der Waals surface area contributed by atoms with E-state index in [1.54, 1.807) is 49.5 Å². The summed E-state index contributed by atoms with van der Waals surface area (Å²) in [7, 11) is 3.19. The third-order valence-electron chi connectivity index (χ3n) is 3.20. The zero-order valence-corrected chi connectivity index (χ0v) is 12.6. The van der Waals surface area contributed by atoms with Crippen molar-refractivity contribution >= 4 is 5.91 Å². The van der Waals surface area contributed by atoms with Gasteiger partial charge < -0.3 is 14.4 Å². The summed E-state index contributed by atoms with van der Waals surface area (Å²) in [6, 6.07) is 13.2. The number of hydrogen-bond acceptors (Lipinski definition) is 3. The predicted octanol–water partition coefficient (Wildman–Crippen LogP) is 2.99. The molecule has 4 nitrogen and oxygen atoms in total. The van der Waals surface area contributed by atoms with Crippen LogP contribution in [0.3, 0.4) is 0 Å². The van der Waals surface area contributed by atoms with Crippen molar-refractivity contribution in [2.75, 3.05) is 27.3 Å². The molecule has 0 spiro atoms. The number of nitrogens with zero attached hydrogens (tertiary/aromatic N) is 1. The third-order valence-corrected chi connectivity index (χ3v) is 3.20. The molecule has 116 valence electrons. The maximum absolute atomic E-state index is 13.4. The van der Waals surface area contributed by atoms with Gasteiger partial charge in [0.2, 0.25) is 0 Å². The zero-order valence-electron chi connectivity index (χ0n) is 12.6. The van der Waals surface area contributed by atoms with E-state index in [-0.39, 0.29) is 18.3 Å². The maximum Gasteiger partial charge on any atom is 0.257 e. The monoisotopic (exact) mass is 303 g/mol. The van der Waals surface area contributed by atoms with Crippen LogP contribution in [0.25, 0.3) is 0 Å². The Labute approximate surface area is 129 Å². The number of halogens is 1. The lowest BCUT2D eigenvalue weighted by Crippen LogP contribution is -2.31. The van der Waals surface area contributed by atoms with E-state index in [2.05, 4.69) is 0 Å². The highest BCUT2D eigenvalue weighted by atomic mass is 19.1. The lowest BCUT2D eigenvalue weighted by molar-refractivity contribution is 0.0769. The van der Waals surface area contributed by atoms with Crippen LogP contribution < -0.4 is 9.47 Å². The average molecular weight is 303 g/mol. The highest BCUT2D eigenvalue weighted by Gasteiger charge is 2.16. The van der Waals surface area contributed by atoms with Gasteiger partial charge in [0.15, 0.2) is 11.6 Å². The molecule has 0 unspecified atom stereocenters. The normalized spacial score (nSPS) is 10.1. The van der Waals surface area contributed by atoms with Gasteiger partial charge in [-0.25, -0.2) is 4.39 Å². The van der Waals surface area contributed by atoms with Gasteiger partial charge in [-0.05, 0) is 24.3 Å². The summed E-state index contributed by atoms with van der Waals surface area (Å²) in [6.45, 7) is 0.545. The van der Waals surface area contributed by atoms with E-state index in [4.69, 9.17) is 9.47 Å². The van der Waals surface area contributed by atoms with Crippen molar-refractivity contribution in [2.45, 2.75) is 0 Å². The largest absolute Gasteiger partial charge is 0.496 e. The first kappa shape index (κ1) is 15.8. The van der Waals surface area contributed by atoms with Crippen LogP contribution in [0, 0.1) is 5.82 Å². The molecule has 2 rings (SSSR count). The second-order valence-corrected chi connectivity index (χ2v) is 4.71. The van der Waals surface area contributed by atoms with Crippen molar-refractivity contribution in [3.63, 3.8) is 0 Å². The van der Waals surface area contributed by atoms with Gasteiger partial charge in [0.05, 0.1) is 19.2 Å². The summed E-state index contributed by atoms with van der Waals surface area (Å²) in [5.41, 5.74) is 0.485. The number of rotatable bonds is 6. The molecule has 0 atom stereocenters. The number of carbonyl (C=O) groups excluding carboxylic acids is 1. The van der Waals surface area contributed by atoms with E-state index in [0.29, 0.717) is 17.9 Å². The van der Waals surface area contributed by atoms with Gasteiger partial charge in [-0.3, -0.25) is 4.79 Å². The van der Waals surface area contributed by atoms with Gasteiger partial charge in [-0.15, -0.1) is 0 Å².